The summed E-state index contributed by atoms with van der Waals surface area (Å²) in [6, 6.07) is 20.5. The maximum atomic E-state index is 9.71. The van der Waals surface area contributed by atoms with Gasteiger partial charge in [0.15, 0.2) is 0 Å². The van der Waals surface area contributed by atoms with Gasteiger partial charge in [-0.25, -0.2) is 4.98 Å². The summed E-state index contributed by atoms with van der Waals surface area (Å²) in [5.74, 6) is 0.597. The summed E-state index contributed by atoms with van der Waals surface area (Å²) >= 11 is 0. The number of nitriles is 1. The molecule has 4 aromatic rings. The van der Waals surface area contributed by atoms with Gasteiger partial charge in [0.1, 0.15) is 11.9 Å². The van der Waals surface area contributed by atoms with E-state index in [1.54, 1.807) is 0 Å². The molecule has 0 aliphatic carbocycles. The molecular weight excluding hydrogens is 332 g/mol. The first-order valence-corrected chi connectivity index (χ1v) is 8.90. The van der Waals surface area contributed by atoms with Crippen molar-refractivity contribution < 1.29 is 0 Å². The van der Waals surface area contributed by atoms with Crippen LogP contribution in [0.3, 0.4) is 0 Å². The lowest BCUT2D eigenvalue weighted by Gasteiger charge is -2.12. The lowest BCUT2D eigenvalue weighted by atomic mass is 10.1. The zero-order chi connectivity index (χ0) is 19.0. The minimum absolute atomic E-state index is 0.524. The Kier molecular flexibility index (Phi) is 4.13. The summed E-state index contributed by atoms with van der Waals surface area (Å²) in [6.45, 7) is 6.28. The minimum Gasteiger partial charge on any atom is -0.337 e. The lowest BCUT2D eigenvalue weighted by molar-refractivity contribution is 0.954. The number of rotatable bonds is 3. The monoisotopic (exact) mass is 352 g/mol. The van der Waals surface area contributed by atoms with E-state index < -0.39 is 0 Å². The number of aryl methyl sites for hydroxylation is 2. The number of imidazole rings is 1. The smallest absolute Gasteiger partial charge is 0.149 e. The molecule has 1 N–H and O–H groups in total. The Morgan fingerprint density at radius 1 is 1.07 bits per heavy atom. The zero-order valence-corrected chi connectivity index (χ0v) is 15.6. The molecule has 0 aliphatic heterocycles. The summed E-state index contributed by atoms with van der Waals surface area (Å²) < 4.78 is 2.23. The van der Waals surface area contributed by atoms with Crippen molar-refractivity contribution in [1.82, 2.24) is 14.5 Å². The molecule has 2 aromatic carbocycles. The molecule has 132 valence electrons. The van der Waals surface area contributed by atoms with Crippen molar-refractivity contribution in [3.63, 3.8) is 0 Å². The number of nitrogens with one attached hydrogen (secondary N) is 1. The van der Waals surface area contributed by atoms with Gasteiger partial charge in [0.25, 0.3) is 0 Å². The van der Waals surface area contributed by atoms with Gasteiger partial charge in [0.2, 0.25) is 0 Å². The quantitative estimate of drug-likeness (QED) is 0.506. The van der Waals surface area contributed by atoms with E-state index in [-0.39, 0.29) is 0 Å². The van der Waals surface area contributed by atoms with Gasteiger partial charge >= 0.3 is 0 Å². The highest BCUT2D eigenvalue weighted by Gasteiger charge is 2.13. The van der Waals surface area contributed by atoms with Crippen molar-refractivity contribution in [3.8, 4) is 11.8 Å². The first kappa shape index (κ1) is 16.9. The van der Waals surface area contributed by atoms with Gasteiger partial charge in [-0.2, -0.15) is 5.26 Å². The second kappa shape index (κ2) is 6.62. The Labute approximate surface area is 158 Å². The molecule has 0 atom stereocenters. The third-order valence-electron chi connectivity index (χ3n) is 4.89. The third-order valence-corrected chi connectivity index (χ3v) is 4.89. The van der Waals surface area contributed by atoms with Crippen LogP contribution >= 0.6 is 0 Å². The molecule has 0 saturated heterocycles. The molecule has 0 aliphatic rings. The molecule has 27 heavy (non-hydrogen) atoms. The average Bonchev–Trinajstić information content (AvgIpc) is 3.21. The van der Waals surface area contributed by atoms with Crippen molar-refractivity contribution in [2.24, 2.45) is 0 Å². The highest BCUT2D eigenvalue weighted by molar-refractivity contribution is 5.90. The second-order valence-corrected chi connectivity index (χ2v) is 6.72. The van der Waals surface area contributed by atoms with Crippen molar-refractivity contribution in [1.29, 1.82) is 5.26 Å². The summed E-state index contributed by atoms with van der Waals surface area (Å²) in [6.07, 6.45) is 1.91. The van der Waals surface area contributed by atoms with E-state index in [4.69, 9.17) is 0 Å². The van der Waals surface area contributed by atoms with Crippen LogP contribution in [0.4, 0.5) is 0 Å². The van der Waals surface area contributed by atoms with Gasteiger partial charge in [0, 0.05) is 17.1 Å². The van der Waals surface area contributed by atoms with Gasteiger partial charge < -0.3 is 9.55 Å². The summed E-state index contributed by atoms with van der Waals surface area (Å²) in [5.41, 5.74) is 7.95. The highest BCUT2D eigenvalue weighted by Crippen LogP contribution is 2.26. The van der Waals surface area contributed by atoms with Crippen LogP contribution in [0.5, 0.6) is 0 Å². The molecule has 0 unspecified atom stereocenters. The summed E-state index contributed by atoms with van der Waals surface area (Å²) in [7, 11) is 0. The number of hydrogen-bond acceptors (Lipinski definition) is 2. The fourth-order valence-corrected chi connectivity index (χ4v) is 3.51. The number of aromatic nitrogens is 3. The molecule has 4 heteroatoms. The topological polar surface area (TPSA) is 57.4 Å². The van der Waals surface area contributed by atoms with E-state index in [1.165, 1.54) is 5.56 Å². The first-order valence-electron chi connectivity index (χ1n) is 8.90. The molecule has 0 bridgehead atoms. The molecular formula is C23H20N4. The number of allylic oxidation sites excluding steroid dienone is 1. The van der Waals surface area contributed by atoms with E-state index in [0.29, 0.717) is 11.4 Å². The van der Waals surface area contributed by atoms with Gasteiger partial charge in [-0.05, 0) is 62.2 Å². The Morgan fingerprint density at radius 2 is 1.81 bits per heavy atom. The predicted octanol–water partition coefficient (Wildman–Crippen LogP) is 5.34. The first-order chi connectivity index (χ1) is 13.1. The fraction of sp³-hybridized carbons (Fsp3) is 0.130. The van der Waals surface area contributed by atoms with Crippen LogP contribution in [0.25, 0.3) is 28.4 Å². The van der Waals surface area contributed by atoms with Crippen LogP contribution in [0, 0.1) is 32.1 Å². The Bertz CT molecular complexity index is 1180. The highest BCUT2D eigenvalue weighted by atomic mass is 15.0. The third kappa shape index (κ3) is 2.94. The zero-order valence-electron chi connectivity index (χ0n) is 15.6. The van der Waals surface area contributed by atoms with Crippen LogP contribution in [-0.4, -0.2) is 14.5 Å². The number of benzene rings is 2. The van der Waals surface area contributed by atoms with Crippen LogP contribution < -0.4 is 0 Å². The van der Waals surface area contributed by atoms with Crippen LogP contribution in [0.2, 0.25) is 0 Å². The van der Waals surface area contributed by atoms with Gasteiger partial charge in [-0.3, -0.25) is 0 Å². The predicted molar refractivity (Wildman–Crippen MR) is 110 cm³/mol. The van der Waals surface area contributed by atoms with Gasteiger partial charge in [0.05, 0.1) is 16.6 Å². The second-order valence-electron chi connectivity index (χ2n) is 6.72. The maximum absolute atomic E-state index is 9.71. The molecule has 4 rings (SSSR count). The van der Waals surface area contributed by atoms with E-state index in [1.807, 2.05) is 42.5 Å². The van der Waals surface area contributed by atoms with Gasteiger partial charge in [-0.1, -0.05) is 30.3 Å². The maximum Gasteiger partial charge on any atom is 0.149 e. The Morgan fingerprint density at radius 3 is 2.56 bits per heavy atom. The van der Waals surface area contributed by atoms with Crippen LogP contribution in [0.15, 0.2) is 54.6 Å². The van der Waals surface area contributed by atoms with Crippen LogP contribution in [0.1, 0.15) is 28.3 Å². The van der Waals surface area contributed by atoms with Crippen molar-refractivity contribution in [2.75, 3.05) is 0 Å². The molecule has 0 radical (unpaired) electrons. The number of nitrogens with zero attached hydrogens (tertiary/aromatic N) is 3. The summed E-state index contributed by atoms with van der Waals surface area (Å²) in [5, 5.41) is 9.71. The van der Waals surface area contributed by atoms with E-state index >= 15 is 0 Å². The summed E-state index contributed by atoms with van der Waals surface area (Å²) in [4.78, 5) is 7.80. The minimum atomic E-state index is 0.524. The van der Waals surface area contributed by atoms with E-state index in [0.717, 1.165) is 33.7 Å². The van der Waals surface area contributed by atoms with Crippen molar-refractivity contribution in [3.05, 3.63) is 82.9 Å². The molecule has 0 amide bonds. The molecule has 0 fully saturated rings. The normalized spacial score (nSPS) is 11.7. The standard InChI is InChI=1S/C23H20N4/c1-15-8-4-7-11-22(15)27-16(2)12-18(17(27)3)13-19(14-24)23-25-20-9-5-6-10-21(20)26-23/h4-13H,1-3H3,(H,25,26). The molecule has 0 saturated carbocycles. The lowest BCUT2D eigenvalue weighted by Crippen LogP contribution is -2.01. The molecule has 2 heterocycles. The number of H-pyrrole nitrogens is 1. The SMILES string of the molecule is Cc1ccccc1-n1c(C)cc(C=C(C#N)c2nc3ccccc3[nH]2)c1C. The fourth-order valence-electron chi connectivity index (χ4n) is 3.51. The molecule has 0 spiro atoms. The van der Waals surface area contributed by atoms with E-state index in [9.17, 15) is 5.26 Å². The number of fused-ring (bicyclic) bond motifs is 1. The average molecular weight is 352 g/mol. The number of para-hydroxylation sites is 3. The molecule has 4 nitrogen and oxygen atoms in total. The molecule has 2 aromatic heterocycles. The van der Waals surface area contributed by atoms with Crippen molar-refractivity contribution in [2.45, 2.75) is 20.8 Å². The van der Waals surface area contributed by atoms with Crippen LogP contribution in [-0.2, 0) is 0 Å². The van der Waals surface area contributed by atoms with Gasteiger partial charge in [-0.15, -0.1) is 0 Å². The number of aromatic amines is 1. The van der Waals surface area contributed by atoms with Crippen molar-refractivity contribution >= 4 is 22.7 Å². The largest absolute Gasteiger partial charge is 0.337 e. The number of hydrogen-bond donors (Lipinski definition) is 1. The van der Waals surface area contributed by atoms with E-state index in [2.05, 4.69) is 59.6 Å². The Balaban J connectivity index is 1.82. The Hall–Kier alpha value is -3.58.